The van der Waals surface area contributed by atoms with E-state index in [4.69, 9.17) is 5.73 Å². The van der Waals surface area contributed by atoms with Crippen LogP contribution in [-0.2, 0) is 10.0 Å². The largest absolute Gasteiger partial charge is 0.330 e. The molecule has 0 saturated carbocycles. The summed E-state index contributed by atoms with van der Waals surface area (Å²) in [6.07, 6.45) is 0.533. The topological polar surface area (TPSA) is 115 Å². The molecule has 1 rings (SSSR count). The lowest BCUT2D eigenvalue weighted by atomic mass is 10.2. The van der Waals surface area contributed by atoms with Gasteiger partial charge in [-0.1, -0.05) is 0 Å². The van der Waals surface area contributed by atoms with Crippen LogP contribution in [0.1, 0.15) is 12.0 Å². The van der Waals surface area contributed by atoms with E-state index in [9.17, 15) is 18.5 Å². The minimum Gasteiger partial charge on any atom is -0.330 e. The Morgan fingerprint density at radius 2 is 2.11 bits per heavy atom. The molecular weight excluding hydrogens is 258 g/mol. The third-order valence-corrected chi connectivity index (χ3v) is 3.81. The van der Waals surface area contributed by atoms with Crippen LogP contribution in [0, 0.1) is 17.0 Å². The first kappa shape index (κ1) is 14.6. The first-order valence-electron chi connectivity index (χ1n) is 5.33. The number of benzene rings is 1. The number of sulfonamides is 1. The van der Waals surface area contributed by atoms with Crippen molar-refractivity contribution in [1.82, 2.24) is 4.72 Å². The molecule has 0 amide bonds. The summed E-state index contributed by atoms with van der Waals surface area (Å²) >= 11 is 0. The Hall–Kier alpha value is -1.51. The molecular formula is C10H15N3O4S. The number of nitrogens with two attached hydrogens (primary N) is 1. The van der Waals surface area contributed by atoms with Gasteiger partial charge >= 0.3 is 0 Å². The van der Waals surface area contributed by atoms with Crippen LogP contribution in [0.15, 0.2) is 23.1 Å². The molecule has 3 N–H and O–H groups in total. The van der Waals surface area contributed by atoms with Gasteiger partial charge in [-0.3, -0.25) is 10.1 Å². The number of nitro benzene ring substituents is 1. The normalized spacial score (nSPS) is 11.4. The predicted octanol–water partition coefficient (Wildman–Crippen LogP) is 0.530. The van der Waals surface area contributed by atoms with Crippen LogP contribution in [0.25, 0.3) is 0 Å². The number of aryl methyl sites for hydroxylation is 1. The van der Waals surface area contributed by atoms with Crippen LogP contribution in [0.5, 0.6) is 0 Å². The van der Waals surface area contributed by atoms with E-state index in [2.05, 4.69) is 4.72 Å². The van der Waals surface area contributed by atoms with E-state index in [1.54, 1.807) is 0 Å². The van der Waals surface area contributed by atoms with E-state index >= 15 is 0 Å². The number of nitrogens with one attached hydrogen (secondary N) is 1. The molecule has 0 bridgehead atoms. The number of rotatable bonds is 6. The van der Waals surface area contributed by atoms with Crippen LogP contribution in [-0.4, -0.2) is 26.4 Å². The van der Waals surface area contributed by atoms with Crippen molar-refractivity contribution in [2.45, 2.75) is 18.2 Å². The molecule has 0 radical (unpaired) electrons. The highest BCUT2D eigenvalue weighted by Crippen LogP contribution is 2.21. The Balaban J connectivity index is 2.97. The zero-order valence-corrected chi connectivity index (χ0v) is 10.7. The van der Waals surface area contributed by atoms with Crippen molar-refractivity contribution in [2.75, 3.05) is 13.1 Å². The molecule has 18 heavy (non-hydrogen) atoms. The van der Waals surface area contributed by atoms with Gasteiger partial charge in [-0.2, -0.15) is 0 Å². The molecule has 0 aliphatic carbocycles. The second-order valence-electron chi connectivity index (χ2n) is 3.75. The van der Waals surface area contributed by atoms with Crippen molar-refractivity contribution in [3.05, 3.63) is 33.9 Å². The van der Waals surface area contributed by atoms with Gasteiger partial charge in [0.05, 0.1) is 9.82 Å². The maximum atomic E-state index is 11.8. The maximum Gasteiger partial charge on any atom is 0.272 e. The average Bonchev–Trinajstić information content (AvgIpc) is 2.28. The fraction of sp³-hybridized carbons (Fsp3) is 0.400. The third kappa shape index (κ3) is 3.49. The van der Waals surface area contributed by atoms with Gasteiger partial charge in [0.15, 0.2) is 0 Å². The monoisotopic (exact) mass is 273 g/mol. The van der Waals surface area contributed by atoms with Crippen LogP contribution < -0.4 is 10.5 Å². The van der Waals surface area contributed by atoms with E-state index in [1.807, 2.05) is 0 Å². The predicted molar refractivity (Wildman–Crippen MR) is 66.7 cm³/mol. The van der Waals surface area contributed by atoms with Gasteiger partial charge in [0.2, 0.25) is 10.0 Å². The van der Waals surface area contributed by atoms with Crippen LogP contribution in [0.4, 0.5) is 5.69 Å². The van der Waals surface area contributed by atoms with E-state index < -0.39 is 14.9 Å². The summed E-state index contributed by atoms with van der Waals surface area (Å²) in [6, 6.07) is 3.69. The van der Waals surface area contributed by atoms with Crippen molar-refractivity contribution in [1.29, 1.82) is 0 Å². The summed E-state index contributed by atoms with van der Waals surface area (Å²) in [5, 5.41) is 10.6. The number of hydrogen-bond donors (Lipinski definition) is 2. The lowest BCUT2D eigenvalue weighted by molar-refractivity contribution is -0.385. The quantitative estimate of drug-likeness (QED) is 0.445. The van der Waals surface area contributed by atoms with Gasteiger partial charge in [-0.05, 0) is 32.0 Å². The molecule has 100 valence electrons. The summed E-state index contributed by atoms with van der Waals surface area (Å²) < 4.78 is 26.0. The lowest BCUT2D eigenvalue weighted by Gasteiger charge is -2.07. The Kier molecular flexibility index (Phi) is 4.76. The molecule has 0 spiro atoms. The molecule has 0 atom stereocenters. The van der Waals surface area contributed by atoms with Gasteiger partial charge in [-0.15, -0.1) is 0 Å². The summed E-state index contributed by atoms with van der Waals surface area (Å²) in [6.45, 7) is 2.13. The molecule has 1 aromatic rings. The Morgan fingerprint density at radius 3 is 2.61 bits per heavy atom. The molecule has 7 nitrogen and oxygen atoms in total. The fourth-order valence-corrected chi connectivity index (χ4v) is 2.55. The van der Waals surface area contributed by atoms with Crippen LogP contribution in [0.3, 0.4) is 0 Å². The second kappa shape index (κ2) is 5.89. The molecule has 0 aliphatic heterocycles. The fourth-order valence-electron chi connectivity index (χ4n) is 1.39. The zero-order chi connectivity index (χ0) is 13.8. The first-order chi connectivity index (χ1) is 8.38. The summed E-state index contributed by atoms with van der Waals surface area (Å²) in [5.41, 5.74) is 5.47. The lowest BCUT2D eigenvalue weighted by Crippen LogP contribution is -2.26. The number of hydrogen-bond acceptors (Lipinski definition) is 5. The van der Waals surface area contributed by atoms with Gasteiger partial charge in [0.1, 0.15) is 0 Å². The van der Waals surface area contributed by atoms with Gasteiger partial charge in [0.25, 0.3) is 5.69 Å². The van der Waals surface area contributed by atoms with Crippen molar-refractivity contribution >= 4 is 15.7 Å². The third-order valence-electron chi connectivity index (χ3n) is 2.35. The molecule has 0 fully saturated rings. The Morgan fingerprint density at radius 1 is 1.44 bits per heavy atom. The summed E-state index contributed by atoms with van der Waals surface area (Å²) in [5.74, 6) is 0. The second-order valence-corrected chi connectivity index (χ2v) is 5.51. The number of nitro groups is 1. The molecule has 8 heteroatoms. The molecule has 0 aliphatic rings. The smallest absolute Gasteiger partial charge is 0.272 e. The zero-order valence-electron chi connectivity index (χ0n) is 9.92. The maximum absolute atomic E-state index is 11.8. The molecule has 0 unspecified atom stereocenters. The van der Waals surface area contributed by atoms with Crippen LogP contribution in [0.2, 0.25) is 0 Å². The highest BCUT2D eigenvalue weighted by atomic mass is 32.2. The van der Waals surface area contributed by atoms with Crippen molar-refractivity contribution in [3.8, 4) is 0 Å². The van der Waals surface area contributed by atoms with E-state index in [-0.39, 0.29) is 17.1 Å². The summed E-state index contributed by atoms with van der Waals surface area (Å²) in [7, 11) is -3.63. The number of nitrogens with zero attached hydrogens (tertiary/aromatic N) is 1. The Labute approximate surface area is 105 Å². The highest BCUT2D eigenvalue weighted by molar-refractivity contribution is 7.89. The Bertz CT molecular complexity index is 542. The highest BCUT2D eigenvalue weighted by Gasteiger charge is 2.17. The SMILES string of the molecule is Cc1cc(S(=O)(=O)NCCCN)ccc1[N+](=O)[O-]. The molecule has 0 heterocycles. The van der Waals surface area contributed by atoms with Crippen molar-refractivity contribution in [2.24, 2.45) is 5.73 Å². The van der Waals surface area contributed by atoms with Crippen molar-refractivity contribution in [3.63, 3.8) is 0 Å². The van der Waals surface area contributed by atoms with Crippen molar-refractivity contribution < 1.29 is 13.3 Å². The minimum absolute atomic E-state index is 0.0163. The van der Waals surface area contributed by atoms with Gasteiger partial charge in [0, 0.05) is 18.2 Å². The van der Waals surface area contributed by atoms with E-state index in [1.165, 1.54) is 25.1 Å². The first-order valence-corrected chi connectivity index (χ1v) is 6.81. The minimum atomic E-state index is -3.63. The van der Waals surface area contributed by atoms with Gasteiger partial charge < -0.3 is 5.73 Å². The van der Waals surface area contributed by atoms with E-state index in [0.29, 0.717) is 18.5 Å². The van der Waals surface area contributed by atoms with Crippen LogP contribution >= 0.6 is 0 Å². The standard InChI is InChI=1S/C10H15N3O4S/c1-8-7-9(3-4-10(8)13(14)15)18(16,17)12-6-2-5-11/h3-4,7,12H,2,5-6,11H2,1H3. The molecule has 0 aromatic heterocycles. The molecule has 1 aromatic carbocycles. The molecule has 0 saturated heterocycles. The van der Waals surface area contributed by atoms with E-state index in [0.717, 1.165) is 0 Å². The average molecular weight is 273 g/mol. The van der Waals surface area contributed by atoms with Gasteiger partial charge in [-0.25, -0.2) is 13.1 Å². The summed E-state index contributed by atoms with van der Waals surface area (Å²) in [4.78, 5) is 10.1.